The van der Waals surface area contributed by atoms with Crippen molar-refractivity contribution in [3.05, 3.63) is 17.8 Å². The minimum absolute atomic E-state index is 0.182. The van der Waals surface area contributed by atoms with E-state index in [2.05, 4.69) is 15.0 Å². The van der Waals surface area contributed by atoms with Gasteiger partial charge in [-0.25, -0.2) is 15.0 Å². The summed E-state index contributed by atoms with van der Waals surface area (Å²) in [5.41, 5.74) is 1.10. The minimum atomic E-state index is -0.602. The molecule has 0 aromatic carbocycles. The Kier molecular flexibility index (Phi) is 2.67. The summed E-state index contributed by atoms with van der Waals surface area (Å²) in [6.07, 6.45) is 1.97. The van der Waals surface area contributed by atoms with Gasteiger partial charge in [-0.15, -0.1) is 0 Å². The first-order valence-corrected chi connectivity index (χ1v) is 5.38. The number of ether oxygens (including phenoxy) is 2. The molecular formula is C9H9ClN4O3. The van der Waals surface area contributed by atoms with Gasteiger partial charge in [0.2, 0.25) is 0 Å². The van der Waals surface area contributed by atoms with E-state index in [9.17, 15) is 0 Å². The molecule has 0 bridgehead atoms. The van der Waals surface area contributed by atoms with E-state index in [-0.39, 0.29) is 12.8 Å². The van der Waals surface area contributed by atoms with Gasteiger partial charge in [0, 0.05) is 0 Å². The highest BCUT2D eigenvalue weighted by Gasteiger charge is 2.28. The topological polar surface area (TPSA) is 82.3 Å². The second-order valence-electron chi connectivity index (χ2n) is 3.52. The van der Waals surface area contributed by atoms with Crippen LogP contribution in [0.3, 0.4) is 0 Å². The molecule has 0 saturated carbocycles. The third-order valence-electron chi connectivity index (χ3n) is 2.51. The molecule has 1 aliphatic rings. The summed E-state index contributed by atoms with van der Waals surface area (Å²) in [5.74, 6) is 0. The van der Waals surface area contributed by atoms with Crippen LogP contribution >= 0.6 is 11.6 Å². The zero-order valence-corrected chi connectivity index (χ0v) is 9.41. The van der Waals surface area contributed by atoms with Gasteiger partial charge in [-0.3, -0.25) is 4.57 Å². The van der Waals surface area contributed by atoms with E-state index >= 15 is 0 Å². The molecule has 7 nitrogen and oxygen atoms in total. The molecule has 17 heavy (non-hydrogen) atoms. The van der Waals surface area contributed by atoms with E-state index < -0.39 is 6.29 Å². The largest absolute Gasteiger partial charge is 0.391 e. The highest BCUT2D eigenvalue weighted by Crippen LogP contribution is 2.25. The number of aliphatic hydroxyl groups excluding tert-OH is 1. The quantitative estimate of drug-likeness (QED) is 0.781. The summed E-state index contributed by atoms with van der Waals surface area (Å²) < 4.78 is 12.4. The van der Waals surface area contributed by atoms with Crippen molar-refractivity contribution in [2.45, 2.75) is 12.5 Å². The van der Waals surface area contributed by atoms with Crippen LogP contribution in [0.25, 0.3) is 11.2 Å². The third kappa shape index (κ3) is 1.77. The lowest BCUT2D eigenvalue weighted by atomic mass is 10.5. The van der Waals surface area contributed by atoms with E-state index in [1.165, 1.54) is 6.33 Å². The first kappa shape index (κ1) is 10.8. The molecule has 0 spiro atoms. The van der Waals surface area contributed by atoms with Crippen LogP contribution in [0.15, 0.2) is 12.7 Å². The van der Waals surface area contributed by atoms with E-state index in [1.807, 2.05) is 0 Å². The Morgan fingerprint density at radius 3 is 3.12 bits per heavy atom. The molecule has 1 fully saturated rings. The summed E-state index contributed by atoms with van der Waals surface area (Å²) in [6, 6.07) is 0. The number of halogens is 1. The van der Waals surface area contributed by atoms with Crippen LogP contribution in [0.5, 0.6) is 0 Å². The summed E-state index contributed by atoms with van der Waals surface area (Å²) in [7, 11) is 0. The van der Waals surface area contributed by atoms with Gasteiger partial charge in [-0.1, -0.05) is 11.6 Å². The van der Waals surface area contributed by atoms with Crippen LogP contribution in [0, 0.1) is 0 Å². The predicted molar refractivity (Wildman–Crippen MR) is 57.3 cm³/mol. The number of aromatic nitrogens is 4. The fourth-order valence-electron chi connectivity index (χ4n) is 1.72. The fraction of sp³-hybridized carbons (Fsp3) is 0.444. The smallest absolute Gasteiger partial charge is 0.183 e. The fourth-order valence-corrected chi connectivity index (χ4v) is 1.90. The monoisotopic (exact) mass is 256 g/mol. The molecule has 2 aromatic heterocycles. The maximum Gasteiger partial charge on any atom is 0.183 e. The molecule has 0 amide bonds. The molecule has 1 N–H and O–H groups in total. The lowest BCUT2D eigenvalue weighted by Crippen LogP contribution is -2.15. The maximum absolute atomic E-state index is 8.92. The van der Waals surface area contributed by atoms with Crippen molar-refractivity contribution >= 4 is 22.8 Å². The average Bonchev–Trinajstić information content (AvgIpc) is 2.94. The zero-order valence-electron chi connectivity index (χ0n) is 8.65. The number of hydrogen-bond donors (Lipinski definition) is 1. The lowest BCUT2D eigenvalue weighted by Gasteiger charge is -2.10. The van der Waals surface area contributed by atoms with Gasteiger partial charge in [-0.05, 0) is 0 Å². The van der Waals surface area contributed by atoms with E-state index in [4.69, 9.17) is 26.2 Å². The molecule has 3 rings (SSSR count). The number of rotatable bonds is 2. The second kappa shape index (κ2) is 4.19. The Balaban J connectivity index is 1.99. The van der Waals surface area contributed by atoms with E-state index in [0.29, 0.717) is 22.9 Å². The van der Waals surface area contributed by atoms with Crippen molar-refractivity contribution in [2.75, 3.05) is 13.2 Å². The molecule has 2 atom stereocenters. The summed E-state index contributed by atoms with van der Waals surface area (Å²) >= 11 is 5.89. The van der Waals surface area contributed by atoms with Crippen LogP contribution in [0.2, 0.25) is 5.15 Å². The van der Waals surface area contributed by atoms with Crippen LogP contribution in [0.1, 0.15) is 6.23 Å². The molecular weight excluding hydrogens is 248 g/mol. The van der Waals surface area contributed by atoms with Crippen LogP contribution in [-0.2, 0) is 9.47 Å². The van der Waals surface area contributed by atoms with E-state index in [0.717, 1.165) is 0 Å². The summed E-state index contributed by atoms with van der Waals surface area (Å²) in [4.78, 5) is 12.1. The van der Waals surface area contributed by atoms with Crippen LogP contribution in [0.4, 0.5) is 0 Å². The Labute approximate surface area is 101 Å². The SMILES string of the molecule is OC[C@H]1OC[C@@H](n2cnc3c(Cl)ncnc32)O1. The third-order valence-corrected chi connectivity index (χ3v) is 2.78. The first-order valence-electron chi connectivity index (χ1n) is 5.00. The van der Waals surface area contributed by atoms with Gasteiger partial charge >= 0.3 is 0 Å². The van der Waals surface area contributed by atoms with Crippen molar-refractivity contribution in [2.24, 2.45) is 0 Å². The zero-order chi connectivity index (χ0) is 11.8. The normalized spacial score (nSPS) is 24.6. The number of aliphatic hydroxyl groups is 1. The Morgan fingerprint density at radius 2 is 2.35 bits per heavy atom. The number of fused-ring (bicyclic) bond motifs is 1. The first-order chi connectivity index (χ1) is 8.29. The summed E-state index contributed by atoms with van der Waals surface area (Å²) in [5, 5.41) is 9.21. The van der Waals surface area contributed by atoms with Gasteiger partial charge in [0.15, 0.2) is 23.3 Å². The molecule has 8 heteroatoms. The number of nitrogens with zero attached hydrogens (tertiary/aromatic N) is 4. The predicted octanol–water partition coefficient (Wildman–Crippen LogP) is 0.343. The molecule has 3 heterocycles. The van der Waals surface area contributed by atoms with Gasteiger partial charge in [0.05, 0.1) is 19.5 Å². The van der Waals surface area contributed by atoms with Crippen LogP contribution in [-0.4, -0.2) is 44.1 Å². The Hall–Kier alpha value is -1.28. The minimum Gasteiger partial charge on any atom is -0.391 e. The molecule has 0 aliphatic carbocycles. The Bertz CT molecular complexity index is 546. The Morgan fingerprint density at radius 1 is 1.47 bits per heavy atom. The average molecular weight is 257 g/mol. The highest BCUT2D eigenvalue weighted by atomic mass is 35.5. The van der Waals surface area contributed by atoms with Crippen molar-refractivity contribution in [1.29, 1.82) is 0 Å². The van der Waals surface area contributed by atoms with Gasteiger partial charge in [0.25, 0.3) is 0 Å². The summed E-state index contributed by atoms with van der Waals surface area (Å²) in [6.45, 7) is 0.150. The standard InChI is InChI=1S/C9H9ClN4O3/c10-8-7-9(12-3-11-8)14(4-13-7)5-2-16-6(1-15)17-5/h3-6,15H,1-2H2/t5-,6-/m0/s1. The van der Waals surface area contributed by atoms with Gasteiger partial charge < -0.3 is 14.6 Å². The highest BCUT2D eigenvalue weighted by molar-refractivity contribution is 6.33. The van der Waals surface area contributed by atoms with Gasteiger partial charge in [-0.2, -0.15) is 0 Å². The molecule has 0 unspecified atom stereocenters. The number of imidazole rings is 1. The van der Waals surface area contributed by atoms with Gasteiger partial charge in [0.1, 0.15) is 11.8 Å². The van der Waals surface area contributed by atoms with E-state index in [1.54, 1.807) is 10.9 Å². The van der Waals surface area contributed by atoms with Crippen LogP contribution < -0.4 is 0 Å². The molecule has 0 radical (unpaired) electrons. The van der Waals surface area contributed by atoms with Crippen molar-refractivity contribution in [3.63, 3.8) is 0 Å². The maximum atomic E-state index is 8.92. The van der Waals surface area contributed by atoms with Crippen molar-refractivity contribution in [1.82, 2.24) is 19.5 Å². The lowest BCUT2D eigenvalue weighted by molar-refractivity contribution is -0.0980. The molecule has 2 aromatic rings. The number of hydrogen-bond acceptors (Lipinski definition) is 6. The molecule has 1 aliphatic heterocycles. The molecule has 1 saturated heterocycles. The van der Waals surface area contributed by atoms with Crippen molar-refractivity contribution in [3.8, 4) is 0 Å². The molecule has 90 valence electrons. The second-order valence-corrected chi connectivity index (χ2v) is 3.88. The van der Waals surface area contributed by atoms with Crippen molar-refractivity contribution < 1.29 is 14.6 Å².